The van der Waals surface area contributed by atoms with E-state index < -0.39 is 0 Å². The van der Waals surface area contributed by atoms with Crippen molar-refractivity contribution in [3.05, 3.63) is 48.0 Å². The zero-order valence-electron chi connectivity index (χ0n) is 8.57. The first-order chi connectivity index (χ1) is 7.31. The first-order valence-corrected chi connectivity index (χ1v) is 4.82. The van der Waals surface area contributed by atoms with Crippen molar-refractivity contribution >= 4 is 16.6 Å². The smallest absolute Gasteiger partial charge is 0.188 e. The van der Waals surface area contributed by atoms with Crippen LogP contribution in [0.15, 0.2) is 42.5 Å². The van der Waals surface area contributed by atoms with E-state index in [1.807, 2.05) is 42.5 Å². The molecular weight excluding hydrogens is 188 g/mol. The number of benzene rings is 2. The summed E-state index contributed by atoms with van der Waals surface area (Å²) in [6.45, 7) is 0.137. The van der Waals surface area contributed by atoms with Gasteiger partial charge in [-0.25, -0.2) is 0 Å². The van der Waals surface area contributed by atoms with Gasteiger partial charge < -0.3 is 4.74 Å². The van der Waals surface area contributed by atoms with Gasteiger partial charge in [0.05, 0.1) is 0 Å². The Morgan fingerprint density at radius 1 is 1.13 bits per heavy atom. The molecule has 2 aromatic rings. The third-order valence-electron chi connectivity index (χ3n) is 2.35. The summed E-state index contributed by atoms with van der Waals surface area (Å²) >= 11 is 0. The van der Waals surface area contributed by atoms with E-state index in [-0.39, 0.29) is 12.4 Å². The number of ketones is 1. The largest absolute Gasteiger partial charge is 0.377 e. The molecule has 0 aliphatic heterocycles. The Balaban J connectivity index is 2.42. The lowest BCUT2D eigenvalue weighted by molar-refractivity contribution is 0.0848. The van der Waals surface area contributed by atoms with Gasteiger partial charge in [-0.2, -0.15) is 0 Å². The Bertz CT molecular complexity index is 489. The number of rotatable bonds is 3. The molecule has 2 heteroatoms. The molecule has 2 nitrogen and oxygen atoms in total. The monoisotopic (exact) mass is 200 g/mol. The number of carbonyl (C=O) groups excluding carboxylic acids is 1. The number of carbonyl (C=O) groups is 1. The number of hydrogen-bond donors (Lipinski definition) is 0. The van der Waals surface area contributed by atoms with Crippen LogP contribution in [0.5, 0.6) is 0 Å². The van der Waals surface area contributed by atoms with Crippen LogP contribution in [0.4, 0.5) is 0 Å². The average molecular weight is 200 g/mol. The summed E-state index contributed by atoms with van der Waals surface area (Å²) in [7, 11) is 1.53. The Hall–Kier alpha value is -1.67. The van der Waals surface area contributed by atoms with Crippen molar-refractivity contribution in [3.63, 3.8) is 0 Å². The topological polar surface area (TPSA) is 26.3 Å². The average Bonchev–Trinajstić information content (AvgIpc) is 2.29. The zero-order valence-corrected chi connectivity index (χ0v) is 8.57. The van der Waals surface area contributed by atoms with Crippen molar-refractivity contribution in [3.8, 4) is 0 Å². The Morgan fingerprint density at radius 2 is 1.87 bits per heavy atom. The summed E-state index contributed by atoms with van der Waals surface area (Å²) in [6, 6.07) is 13.7. The summed E-state index contributed by atoms with van der Waals surface area (Å²) in [4.78, 5) is 11.6. The van der Waals surface area contributed by atoms with Crippen LogP contribution in [0, 0.1) is 0 Å². The van der Waals surface area contributed by atoms with E-state index in [0.717, 1.165) is 10.8 Å². The maximum Gasteiger partial charge on any atom is 0.188 e. The molecule has 0 unspecified atom stereocenters. The SMILES string of the molecule is COCC(=O)c1ccc2ccccc2c1. The second-order valence-electron chi connectivity index (χ2n) is 3.42. The van der Waals surface area contributed by atoms with Crippen molar-refractivity contribution in [1.82, 2.24) is 0 Å². The molecule has 0 aliphatic rings. The maximum absolute atomic E-state index is 11.6. The molecule has 15 heavy (non-hydrogen) atoms. The Morgan fingerprint density at radius 3 is 2.60 bits per heavy atom. The van der Waals surface area contributed by atoms with Crippen LogP contribution in [0.1, 0.15) is 10.4 Å². The summed E-state index contributed by atoms with van der Waals surface area (Å²) in [5, 5.41) is 2.23. The van der Waals surface area contributed by atoms with Gasteiger partial charge in [-0.3, -0.25) is 4.79 Å². The van der Waals surface area contributed by atoms with E-state index in [2.05, 4.69) is 0 Å². The van der Waals surface area contributed by atoms with Crippen molar-refractivity contribution < 1.29 is 9.53 Å². The minimum Gasteiger partial charge on any atom is -0.377 e. The first-order valence-electron chi connectivity index (χ1n) is 4.82. The maximum atomic E-state index is 11.6. The van der Waals surface area contributed by atoms with Crippen LogP contribution in [-0.2, 0) is 4.74 Å². The van der Waals surface area contributed by atoms with E-state index in [9.17, 15) is 4.79 Å². The van der Waals surface area contributed by atoms with Gasteiger partial charge in [0.25, 0.3) is 0 Å². The second kappa shape index (κ2) is 4.24. The molecule has 0 amide bonds. The standard InChI is InChI=1S/C13H12O2/c1-15-9-13(14)12-7-6-10-4-2-3-5-11(10)8-12/h2-8H,9H2,1H3. The van der Waals surface area contributed by atoms with Crippen molar-refractivity contribution in [2.75, 3.05) is 13.7 Å². The van der Waals surface area contributed by atoms with Crippen LogP contribution in [-0.4, -0.2) is 19.5 Å². The molecule has 2 aromatic carbocycles. The van der Waals surface area contributed by atoms with E-state index in [0.29, 0.717) is 5.56 Å². The molecule has 76 valence electrons. The lowest BCUT2D eigenvalue weighted by Gasteiger charge is -2.02. The highest BCUT2D eigenvalue weighted by Crippen LogP contribution is 2.15. The van der Waals surface area contributed by atoms with Gasteiger partial charge >= 0.3 is 0 Å². The molecule has 0 aromatic heterocycles. The van der Waals surface area contributed by atoms with E-state index in [1.165, 1.54) is 7.11 Å². The quantitative estimate of drug-likeness (QED) is 0.712. The fourth-order valence-corrected chi connectivity index (χ4v) is 1.58. The molecule has 0 aliphatic carbocycles. The summed E-state index contributed by atoms with van der Waals surface area (Å²) < 4.78 is 4.82. The first kappa shape index (κ1) is 9.87. The fourth-order valence-electron chi connectivity index (χ4n) is 1.58. The van der Waals surface area contributed by atoms with E-state index in [4.69, 9.17) is 4.74 Å². The third kappa shape index (κ3) is 2.05. The van der Waals surface area contributed by atoms with Crippen LogP contribution in [0.3, 0.4) is 0 Å². The van der Waals surface area contributed by atoms with E-state index >= 15 is 0 Å². The number of fused-ring (bicyclic) bond motifs is 1. The molecule has 0 spiro atoms. The highest BCUT2D eigenvalue weighted by atomic mass is 16.5. The minimum atomic E-state index is 0.0169. The Labute approximate surface area is 88.5 Å². The van der Waals surface area contributed by atoms with Gasteiger partial charge in [-0.15, -0.1) is 0 Å². The highest BCUT2D eigenvalue weighted by Gasteiger charge is 2.05. The molecule has 0 saturated carbocycles. The lowest BCUT2D eigenvalue weighted by atomic mass is 10.0. The lowest BCUT2D eigenvalue weighted by Crippen LogP contribution is -2.06. The van der Waals surface area contributed by atoms with Gasteiger partial charge in [0.15, 0.2) is 5.78 Å². The van der Waals surface area contributed by atoms with Gasteiger partial charge in [-0.1, -0.05) is 36.4 Å². The summed E-state index contributed by atoms with van der Waals surface area (Å²) in [5.41, 5.74) is 0.704. The van der Waals surface area contributed by atoms with Gasteiger partial charge in [0.1, 0.15) is 6.61 Å². The van der Waals surface area contributed by atoms with Crippen LogP contribution in [0.25, 0.3) is 10.8 Å². The molecule has 0 heterocycles. The molecule has 2 rings (SSSR count). The molecule has 0 fully saturated rings. The summed E-state index contributed by atoms with van der Waals surface area (Å²) in [6.07, 6.45) is 0. The molecule has 0 bridgehead atoms. The molecule has 0 N–H and O–H groups in total. The number of hydrogen-bond acceptors (Lipinski definition) is 2. The molecular formula is C13H12O2. The minimum absolute atomic E-state index is 0.0169. The van der Waals surface area contributed by atoms with Crippen molar-refractivity contribution in [1.29, 1.82) is 0 Å². The van der Waals surface area contributed by atoms with Crippen LogP contribution in [0.2, 0.25) is 0 Å². The number of methoxy groups -OCH3 is 1. The van der Waals surface area contributed by atoms with Gasteiger partial charge in [0.2, 0.25) is 0 Å². The fraction of sp³-hybridized carbons (Fsp3) is 0.154. The zero-order chi connectivity index (χ0) is 10.7. The number of Topliss-reactive ketones (excluding diaryl/α,β-unsaturated/α-hetero) is 1. The van der Waals surface area contributed by atoms with Crippen molar-refractivity contribution in [2.24, 2.45) is 0 Å². The predicted octanol–water partition coefficient (Wildman–Crippen LogP) is 2.67. The normalized spacial score (nSPS) is 10.5. The van der Waals surface area contributed by atoms with Gasteiger partial charge in [-0.05, 0) is 16.8 Å². The molecule has 0 radical (unpaired) electrons. The van der Waals surface area contributed by atoms with E-state index in [1.54, 1.807) is 0 Å². The van der Waals surface area contributed by atoms with Crippen LogP contribution >= 0.6 is 0 Å². The Kier molecular flexibility index (Phi) is 2.79. The highest BCUT2D eigenvalue weighted by molar-refractivity contribution is 6.00. The van der Waals surface area contributed by atoms with Crippen LogP contribution < -0.4 is 0 Å². The van der Waals surface area contributed by atoms with Crippen molar-refractivity contribution in [2.45, 2.75) is 0 Å². The molecule has 0 saturated heterocycles. The second-order valence-corrected chi connectivity index (χ2v) is 3.42. The number of ether oxygens (including phenoxy) is 1. The third-order valence-corrected chi connectivity index (χ3v) is 2.35. The predicted molar refractivity (Wildman–Crippen MR) is 60.2 cm³/mol. The summed E-state index contributed by atoms with van der Waals surface area (Å²) in [5.74, 6) is 0.0169. The van der Waals surface area contributed by atoms with Gasteiger partial charge in [0, 0.05) is 12.7 Å². The molecule has 0 atom stereocenters.